The molecule has 1 atom stereocenters. The van der Waals surface area contributed by atoms with Crippen LogP contribution in [0.25, 0.3) is 10.9 Å². The molecule has 1 aliphatic heterocycles. The molecule has 17 heavy (non-hydrogen) atoms. The van der Waals surface area contributed by atoms with Crippen LogP contribution in [-0.2, 0) is 6.54 Å². The van der Waals surface area contributed by atoms with Crippen molar-refractivity contribution in [2.24, 2.45) is 0 Å². The Bertz CT molecular complexity index is 603. The number of hydrogen-bond donors (Lipinski definition) is 1. The van der Waals surface area contributed by atoms with Crippen LogP contribution in [0, 0.1) is 0 Å². The summed E-state index contributed by atoms with van der Waals surface area (Å²) in [5, 5.41) is 4.37. The van der Waals surface area contributed by atoms with Gasteiger partial charge in [-0.3, -0.25) is 4.79 Å². The zero-order valence-corrected chi connectivity index (χ0v) is 10.7. The Morgan fingerprint density at radius 1 is 1.53 bits per heavy atom. The Balaban J connectivity index is 2.31. The molecule has 3 rings (SSSR count). The van der Waals surface area contributed by atoms with E-state index in [1.807, 2.05) is 17.8 Å². The van der Waals surface area contributed by atoms with E-state index in [1.165, 1.54) is 10.4 Å². The number of nitrogens with zero attached hydrogens (tertiary/aromatic N) is 1. The Morgan fingerprint density at radius 3 is 3.12 bits per heavy atom. The Kier molecular flexibility index (Phi) is 2.40. The number of amides is 1. The molecule has 4 heteroatoms. The average Bonchev–Trinajstić information content (AvgIpc) is 2.69. The number of nitrogens with one attached hydrogen (secondary N) is 1. The highest BCUT2D eigenvalue weighted by atomic mass is 32.2. The van der Waals surface area contributed by atoms with Crippen molar-refractivity contribution in [2.75, 3.05) is 7.05 Å². The lowest BCUT2D eigenvalue weighted by atomic mass is 10.2. The molecule has 0 bridgehead atoms. The Morgan fingerprint density at radius 2 is 2.35 bits per heavy atom. The third kappa shape index (κ3) is 1.55. The van der Waals surface area contributed by atoms with Gasteiger partial charge in [0.25, 0.3) is 5.91 Å². The molecule has 2 aromatic rings. The summed E-state index contributed by atoms with van der Waals surface area (Å²) in [6, 6.07) is 8.24. The molecule has 0 saturated carbocycles. The average molecular weight is 246 g/mol. The van der Waals surface area contributed by atoms with Crippen LogP contribution in [0.1, 0.15) is 17.4 Å². The summed E-state index contributed by atoms with van der Waals surface area (Å²) in [5.41, 5.74) is 1.97. The summed E-state index contributed by atoms with van der Waals surface area (Å²) in [6.45, 7) is 3.09. The topological polar surface area (TPSA) is 34.0 Å². The van der Waals surface area contributed by atoms with Crippen molar-refractivity contribution in [1.29, 1.82) is 0 Å². The van der Waals surface area contributed by atoms with Crippen molar-refractivity contribution in [3.63, 3.8) is 0 Å². The molecule has 2 heterocycles. The fourth-order valence-electron chi connectivity index (χ4n) is 2.40. The van der Waals surface area contributed by atoms with Crippen LogP contribution in [0.2, 0.25) is 0 Å². The Hall–Kier alpha value is -1.42. The molecular weight excluding hydrogens is 232 g/mol. The normalized spacial score (nSPS) is 18.4. The smallest absolute Gasteiger partial charge is 0.267 e. The van der Waals surface area contributed by atoms with Gasteiger partial charge in [0.05, 0.1) is 5.52 Å². The highest BCUT2D eigenvalue weighted by Gasteiger charge is 2.23. The van der Waals surface area contributed by atoms with Crippen LogP contribution in [0.3, 0.4) is 0 Å². The summed E-state index contributed by atoms with van der Waals surface area (Å²) >= 11 is 1.88. The van der Waals surface area contributed by atoms with Crippen LogP contribution in [0.15, 0.2) is 29.2 Å². The maximum atomic E-state index is 11.9. The van der Waals surface area contributed by atoms with Gasteiger partial charge >= 0.3 is 0 Å². The maximum absolute atomic E-state index is 11.9. The van der Waals surface area contributed by atoms with Crippen LogP contribution in [-0.4, -0.2) is 22.8 Å². The van der Waals surface area contributed by atoms with Crippen molar-refractivity contribution in [2.45, 2.75) is 23.6 Å². The minimum atomic E-state index is -0.00810. The molecular formula is C13H14N2OS. The molecule has 1 N–H and O–H groups in total. The van der Waals surface area contributed by atoms with Crippen molar-refractivity contribution in [1.82, 2.24) is 9.88 Å². The molecule has 3 nitrogen and oxygen atoms in total. The highest BCUT2D eigenvalue weighted by Crippen LogP contribution is 2.37. The largest absolute Gasteiger partial charge is 0.354 e. The second-order valence-corrected chi connectivity index (χ2v) is 5.82. The summed E-state index contributed by atoms with van der Waals surface area (Å²) in [6.07, 6.45) is 0. The maximum Gasteiger partial charge on any atom is 0.267 e. The lowest BCUT2D eigenvalue weighted by Gasteiger charge is -2.22. The summed E-state index contributed by atoms with van der Waals surface area (Å²) < 4.78 is 2.14. The number of carbonyl (C=O) groups excluding carboxylic acids is 1. The molecule has 0 fully saturated rings. The number of rotatable bonds is 1. The van der Waals surface area contributed by atoms with Gasteiger partial charge in [-0.2, -0.15) is 0 Å². The second-order valence-electron chi connectivity index (χ2n) is 4.34. The van der Waals surface area contributed by atoms with Crippen molar-refractivity contribution >= 4 is 28.6 Å². The Labute approximate surface area is 104 Å². The van der Waals surface area contributed by atoms with Gasteiger partial charge in [0.2, 0.25) is 0 Å². The minimum absolute atomic E-state index is 0.00810. The van der Waals surface area contributed by atoms with E-state index >= 15 is 0 Å². The summed E-state index contributed by atoms with van der Waals surface area (Å²) in [7, 11) is 1.68. The quantitative estimate of drug-likeness (QED) is 0.839. The number of thioether (sulfide) groups is 1. The number of aromatic nitrogens is 1. The number of para-hydroxylation sites is 1. The van der Waals surface area contributed by atoms with E-state index in [4.69, 9.17) is 0 Å². The molecule has 1 unspecified atom stereocenters. The van der Waals surface area contributed by atoms with Gasteiger partial charge < -0.3 is 9.88 Å². The van der Waals surface area contributed by atoms with E-state index in [9.17, 15) is 4.79 Å². The monoisotopic (exact) mass is 246 g/mol. The predicted molar refractivity (Wildman–Crippen MR) is 70.6 cm³/mol. The zero-order valence-electron chi connectivity index (χ0n) is 9.86. The van der Waals surface area contributed by atoms with Crippen molar-refractivity contribution in [3.8, 4) is 0 Å². The first-order valence-corrected chi connectivity index (χ1v) is 6.59. The lowest BCUT2D eigenvalue weighted by Crippen LogP contribution is -2.24. The standard InChI is InChI=1S/C13H14N2OS/c1-8-7-15-10(13(16)14-2)6-9-4-3-5-11(17-8)12(9)15/h3-6,8H,7H2,1-2H3,(H,14,16). The van der Waals surface area contributed by atoms with Gasteiger partial charge in [0.15, 0.2) is 0 Å². The van der Waals surface area contributed by atoms with Crippen LogP contribution >= 0.6 is 11.8 Å². The molecule has 0 spiro atoms. The first kappa shape index (κ1) is 10.7. The molecule has 1 aliphatic rings. The molecule has 0 saturated heterocycles. The fourth-order valence-corrected chi connectivity index (χ4v) is 3.56. The minimum Gasteiger partial charge on any atom is -0.354 e. The molecule has 1 aromatic carbocycles. The number of benzene rings is 1. The summed E-state index contributed by atoms with van der Waals surface area (Å²) in [4.78, 5) is 13.1. The van der Waals surface area contributed by atoms with Gasteiger partial charge in [0.1, 0.15) is 5.69 Å². The molecule has 1 aromatic heterocycles. The van der Waals surface area contributed by atoms with Gasteiger partial charge in [-0.1, -0.05) is 19.1 Å². The van der Waals surface area contributed by atoms with Crippen molar-refractivity contribution in [3.05, 3.63) is 30.0 Å². The van der Waals surface area contributed by atoms with E-state index in [2.05, 4.69) is 35.0 Å². The first-order chi connectivity index (χ1) is 8.20. The van der Waals surface area contributed by atoms with Gasteiger partial charge in [-0.25, -0.2) is 0 Å². The SMILES string of the molecule is CNC(=O)c1cc2cccc3c2n1CC(C)S3. The van der Waals surface area contributed by atoms with Gasteiger partial charge in [-0.05, 0) is 12.1 Å². The third-order valence-corrected chi connectivity index (χ3v) is 4.25. The van der Waals surface area contributed by atoms with Crippen LogP contribution < -0.4 is 5.32 Å². The van der Waals surface area contributed by atoms with Crippen LogP contribution in [0.5, 0.6) is 0 Å². The number of carbonyl (C=O) groups is 1. The predicted octanol–water partition coefficient (Wildman–Crippen LogP) is 2.50. The third-order valence-electron chi connectivity index (χ3n) is 3.11. The van der Waals surface area contributed by atoms with E-state index in [0.29, 0.717) is 5.25 Å². The summed E-state index contributed by atoms with van der Waals surface area (Å²) in [5.74, 6) is -0.00810. The van der Waals surface area contributed by atoms with E-state index in [1.54, 1.807) is 7.05 Å². The van der Waals surface area contributed by atoms with Gasteiger partial charge in [0, 0.05) is 29.1 Å². The first-order valence-electron chi connectivity index (χ1n) is 5.71. The molecule has 1 amide bonds. The molecule has 0 aliphatic carbocycles. The van der Waals surface area contributed by atoms with E-state index in [-0.39, 0.29) is 5.91 Å². The fraction of sp³-hybridized carbons (Fsp3) is 0.308. The number of hydrogen-bond acceptors (Lipinski definition) is 2. The van der Waals surface area contributed by atoms with Gasteiger partial charge in [-0.15, -0.1) is 11.8 Å². The highest BCUT2D eigenvalue weighted by molar-refractivity contribution is 8.00. The molecule has 88 valence electrons. The second kappa shape index (κ2) is 3.81. The van der Waals surface area contributed by atoms with E-state index in [0.717, 1.165) is 17.6 Å². The lowest BCUT2D eigenvalue weighted by molar-refractivity contribution is 0.0954. The van der Waals surface area contributed by atoms with E-state index < -0.39 is 0 Å². The molecule has 0 radical (unpaired) electrons. The van der Waals surface area contributed by atoms with Crippen LogP contribution in [0.4, 0.5) is 0 Å². The van der Waals surface area contributed by atoms with Crippen molar-refractivity contribution < 1.29 is 4.79 Å². The zero-order chi connectivity index (χ0) is 12.0.